The maximum absolute atomic E-state index is 11.5. The first-order valence-electron chi connectivity index (χ1n) is 7.95. The quantitative estimate of drug-likeness (QED) is 0.634. The summed E-state index contributed by atoms with van der Waals surface area (Å²) in [5.74, 6) is 0.419. The lowest BCUT2D eigenvalue weighted by Crippen LogP contribution is -2.33. The van der Waals surface area contributed by atoms with Crippen molar-refractivity contribution >= 4 is 17.6 Å². The summed E-state index contributed by atoms with van der Waals surface area (Å²) in [4.78, 5) is 16.0. The number of hydrogen-bond acceptors (Lipinski definition) is 4. The number of aromatic nitrogens is 3. The number of carbonyl (C=O) groups is 1. The van der Waals surface area contributed by atoms with Gasteiger partial charge in [0.25, 0.3) is 0 Å². The third kappa shape index (κ3) is 2.74. The number of carbonyl (C=O) groups excluding carboxylic acids is 1. The highest BCUT2D eigenvalue weighted by atomic mass is 35.5. The summed E-state index contributed by atoms with van der Waals surface area (Å²) in [5.41, 5.74) is 3.05. The summed E-state index contributed by atoms with van der Waals surface area (Å²) in [7, 11) is 1.44. The van der Waals surface area contributed by atoms with Gasteiger partial charge in [0.2, 0.25) is 0 Å². The second-order valence-electron chi connectivity index (χ2n) is 6.37. The van der Waals surface area contributed by atoms with Gasteiger partial charge in [0, 0.05) is 17.7 Å². The van der Waals surface area contributed by atoms with Crippen LogP contribution in [0.25, 0.3) is 11.3 Å². The lowest BCUT2D eigenvalue weighted by Gasteiger charge is -2.33. The van der Waals surface area contributed by atoms with E-state index in [1.807, 2.05) is 16.8 Å². The Bertz CT molecular complexity index is 748. The molecule has 2 heterocycles. The van der Waals surface area contributed by atoms with Crippen molar-refractivity contribution in [3.8, 4) is 11.3 Å². The van der Waals surface area contributed by atoms with Crippen LogP contribution in [0.1, 0.15) is 43.3 Å². The van der Waals surface area contributed by atoms with Crippen LogP contribution < -0.4 is 0 Å². The molecule has 0 spiro atoms. The summed E-state index contributed by atoms with van der Waals surface area (Å²) in [6.45, 7) is 0. The Kier molecular flexibility index (Phi) is 3.60. The Morgan fingerprint density at radius 1 is 1.35 bits per heavy atom. The predicted octanol–water partition coefficient (Wildman–Crippen LogP) is 3.60. The van der Waals surface area contributed by atoms with E-state index in [1.165, 1.54) is 20.0 Å². The molecule has 0 bridgehead atoms. The van der Waals surface area contributed by atoms with E-state index >= 15 is 0 Å². The van der Waals surface area contributed by atoms with Crippen LogP contribution >= 0.6 is 11.6 Å². The van der Waals surface area contributed by atoms with Crippen LogP contribution in [-0.2, 0) is 9.53 Å². The van der Waals surface area contributed by atoms with E-state index < -0.39 is 0 Å². The van der Waals surface area contributed by atoms with E-state index in [1.54, 1.807) is 6.07 Å². The van der Waals surface area contributed by atoms with Gasteiger partial charge in [0.1, 0.15) is 5.15 Å². The molecule has 5 nitrogen and oxygen atoms in total. The first-order chi connectivity index (χ1) is 11.2. The van der Waals surface area contributed by atoms with Crippen molar-refractivity contribution in [2.45, 2.75) is 37.6 Å². The van der Waals surface area contributed by atoms with E-state index in [9.17, 15) is 4.79 Å². The summed E-state index contributed by atoms with van der Waals surface area (Å²) >= 11 is 6.03. The zero-order valence-corrected chi connectivity index (χ0v) is 13.7. The van der Waals surface area contributed by atoms with Crippen LogP contribution in [0.2, 0.25) is 5.15 Å². The Balaban J connectivity index is 1.61. The van der Waals surface area contributed by atoms with Crippen molar-refractivity contribution in [1.82, 2.24) is 14.8 Å². The summed E-state index contributed by atoms with van der Waals surface area (Å²) in [5, 5.41) is 5.29. The first kappa shape index (κ1) is 14.7. The molecule has 4 rings (SSSR count). The number of methoxy groups -OCH3 is 1. The van der Waals surface area contributed by atoms with Crippen LogP contribution in [0.3, 0.4) is 0 Å². The van der Waals surface area contributed by atoms with E-state index in [0.29, 0.717) is 11.1 Å². The van der Waals surface area contributed by atoms with Gasteiger partial charge in [-0.3, -0.25) is 9.48 Å². The number of hydrogen-bond donors (Lipinski definition) is 0. The molecule has 2 aromatic rings. The second kappa shape index (κ2) is 5.64. The van der Waals surface area contributed by atoms with Crippen molar-refractivity contribution in [2.75, 3.05) is 7.11 Å². The van der Waals surface area contributed by atoms with Crippen LogP contribution in [0.15, 0.2) is 24.4 Å². The third-order valence-electron chi connectivity index (χ3n) is 4.74. The zero-order valence-electron chi connectivity index (χ0n) is 12.9. The van der Waals surface area contributed by atoms with Crippen molar-refractivity contribution in [2.24, 2.45) is 5.92 Å². The number of pyridine rings is 1. The van der Waals surface area contributed by atoms with E-state index in [0.717, 1.165) is 29.8 Å². The minimum Gasteiger partial charge on any atom is -0.469 e. The van der Waals surface area contributed by atoms with Gasteiger partial charge in [0.15, 0.2) is 0 Å². The van der Waals surface area contributed by atoms with Gasteiger partial charge in [-0.2, -0.15) is 5.10 Å². The molecule has 2 fully saturated rings. The monoisotopic (exact) mass is 331 g/mol. The lowest BCUT2D eigenvalue weighted by atomic mass is 9.80. The Morgan fingerprint density at radius 3 is 2.78 bits per heavy atom. The molecule has 6 heteroatoms. The predicted molar refractivity (Wildman–Crippen MR) is 86.2 cm³/mol. The Labute approximate surface area is 139 Å². The molecule has 0 aromatic carbocycles. The van der Waals surface area contributed by atoms with Crippen molar-refractivity contribution < 1.29 is 9.53 Å². The molecule has 0 aliphatic heterocycles. The number of rotatable bonds is 4. The number of esters is 1. The zero-order chi connectivity index (χ0) is 16.0. The lowest BCUT2D eigenvalue weighted by molar-refractivity contribution is -0.149. The van der Waals surface area contributed by atoms with Gasteiger partial charge >= 0.3 is 5.97 Å². The largest absolute Gasteiger partial charge is 0.469 e. The molecule has 2 aliphatic carbocycles. The summed E-state index contributed by atoms with van der Waals surface area (Å²) < 4.78 is 6.81. The smallest absolute Gasteiger partial charge is 0.308 e. The van der Waals surface area contributed by atoms with Gasteiger partial charge in [-0.15, -0.1) is 0 Å². The molecular weight excluding hydrogens is 314 g/mol. The fraction of sp³-hybridized carbons (Fsp3) is 0.471. The van der Waals surface area contributed by atoms with Crippen molar-refractivity contribution in [1.29, 1.82) is 0 Å². The van der Waals surface area contributed by atoms with Crippen molar-refractivity contribution in [3.05, 3.63) is 35.2 Å². The normalized spacial score (nSPS) is 23.4. The Morgan fingerprint density at radius 2 is 2.13 bits per heavy atom. The molecule has 0 unspecified atom stereocenters. The van der Waals surface area contributed by atoms with Crippen LogP contribution in [-0.4, -0.2) is 27.8 Å². The highest BCUT2D eigenvalue weighted by Crippen LogP contribution is 2.45. The molecule has 120 valence electrons. The van der Waals surface area contributed by atoms with Gasteiger partial charge in [-0.05, 0) is 37.8 Å². The molecule has 2 aliphatic rings. The molecule has 23 heavy (non-hydrogen) atoms. The second-order valence-corrected chi connectivity index (χ2v) is 6.76. The van der Waals surface area contributed by atoms with E-state index in [2.05, 4.69) is 11.2 Å². The van der Waals surface area contributed by atoms with Crippen LogP contribution in [0.5, 0.6) is 0 Å². The van der Waals surface area contributed by atoms with Gasteiger partial charge in [-0.25, -0.2) is 4.98 Å². The topological polar surface area (TPSA) is 57.0 Å². The third-order valence-corrected chi connectivity index (χ3v) is 4.95. The molecule has 0 N–H and O–H groups in total. The maximum Gasteiger partial charge on any atom is 0.308 e. The SMILES string of the molecule is COC(=O)C1CC(n2cc(-c3cccc(Cl)n3)c(C3CC3)n2)C1. The average Bonchev–Trinajstić information content (AvgIpc) is 3.26. The maximum atomic E-state index is 11.5. The van der Waals surface area contributed by atoms with Crippen LogP contribution in [0, 0.1) is 5.92 Å². The highest BCUT2D eigenvalue weighted by molar-refractivity contribution is 6.29. The summed E-state index contributed by atoms with van der Waals surface area (Å²) in [6, 6.07) is 5.93. The van der Waals surface area contributed by atoms with E-state index in [4.69, 9.17) is 21.4 Å². The van der Waals surface area contributed by atoms with Gasteiger partial charge < -0.3 is 4.74 Å². The first-order valence-corrected chi connectivity index (χ1v) is 8.33. The standard InChI is InChI=1S/C17H18ClN3O2/c1-23-17(22)11-7-12(8-11)21-9-13(16(20-21)10-5-6-10)14-3-2-4-15(18)19-14/h2-4,9-12H,5-8H2,1H3. The average molecular weight is 332 g/mol. The minimum absolute atomic E-state index is 0.00585. The Hall–Kier alpha value is -1.88. The van der Waals surface area contributed by atoms with E-state index in [-0.39, 0.29) is 17.9 Å². The number of halogens is 1. The fourth-order valence-electron chi connectivity index (χ4n) is 3.17. The number of ether oxygens (including phenoxy) is 1. The molecule has 0 amide bonds. The fourth-order valence-corrected chi connectivity index (χ4v) is 3.33. The van der Waals surface area contributed by atoms with Crippen LogP contribution in [0.4, 0.5) is 0 Å². The molecule has 0 radical (unpaired) electrons. The minimum atomic E-state index is -0.118. The molecule has 0 atom stereocenters. The molecular formula is C17H18ClN3O2. The highest BCUT2D eigenvalue weighted by Gasteiger charge is 2.38. The molecule has 0 saturated heterocycles. The summed E-state index contributed by atoms with van der Waals surface area (Å²) in [6.07, 6.45) is 6.01. The number of nitrogens with zero attached hydrogens (tertiary/aromatic N) is 3. The molecule has 2 aromatic heterocycles. The van der Waals surface area contributed by atoms with Gasteiger partial charge in [-0.1, -0.05) is 17.7 Å². The molecule has 2 saturated carbocycles. The van der Waals surface area contributed by atoms with Gasteiger partial charge in [0.05, 0.1) is 30.5 Å². The van der Waals surface area contributed by atoms with Crippen molar-refractivity contribution in [3.63, 3.8) is 0 Å².